The molecule has 0 bridgehead atoms. The molecular weight excluding hydrogens is 362 g/mol. The Morgan fingerprint density at radius 2 is 1.69 bits per heavy atom. The Morgan fingerprint density at radius 1 is 1.07 bits per heavy atom. The van der Waals surface area contributed by atoms with E-state index in [2.05, 4.69) is 17.4 Å². The van der Waals surface area contributed by atoms with Crippen LogP contribution < -0.4 is 11.1 Å². The van der Waals surface area contributed by atoms with Gasteiger partial charge in [-0.25, -0.2) is 0 Å². The van der Waals surface area contributed by atoms with Crippen molar-refractivity contribution in [3.63, 3.8) is 0 Å². The summed E-state index contributed by atoms with van der Waals surface area (Å²) in [5.74, 6) is 0.275. The lowest BCUT2D eigenvalue weighted by Crippen LogP contribution is -2.51. The number of carbonyl (C=O) groups excluding carboxylic acids is 2. The van der Waals surface area contributed by atoms with Gasteiger partial charge in [-0.3, -0.25) is 9.59 Å². The highest BCUT2D eigenvalue weighted by Gasteiger charge is 2.39. The minimum Gasteiger partial charge on any atom is -0.340 e. The molecule has 0 aromatic heterocycles. The summed E-state index contributed by atoms with van der Waals surface area (Å²) < 4.78 is 0. The Morgan fingerprint density at radius 3 is 2.28 bits per heavy atom. The first-order valence-corrected chi connectivity index (χ1v) is 10.4. The van der Waals surface area contributed by atoms with Gasteiger partial charge < -0.3 is 16.0 Å². The predicted octanol–water partition coefficient (Wildman–Crippen LogP) is 3.03. The lowest BCUT2D eigenvalue weighted by Gasteiger charge is -2.28. The van der Waals surface area contributed by atoms with Crippen molar-refractivity contribution >= 4 is 11.8 Å². The molecule has 0 aliphatic carbocycles. The average molecular weight is 394 g/mol. The number of rotatable bonds is 7. The van der Waals surface area contributed by atoms with Gasteiger partial charge >= 0.3 is 0 Å². The second kappa shape index (κ2) is 9.70. The van der Waals surface area contributed by atoms with Gasteiger partial charge in [0.25, 0.3) is 5.91 Å². The summed E-state index contributed by atoms with van der Waals surface area (Å²) in [5, 5.41) is 2.99. The van der Waals surface area contributed by atoms with Crippen molar-refractivity contribution in [2.45, 2.75) is 32.2 Å². The molecule has 3 rings (SSSR count). The van der Waals surface area contributed by atoms with Crippen LogP contribution in [0.1, 0.15) is 42.1 Å². The van der Waals surface area contributed by atoms with Crippen LogP contribution in [0.4, 0.5) is 0 Å². The minimum absolute atomic E-state index is 0.0134. The van der Waals surface area contributed by atoms with Crippen LogP contribution in [0.5, 0.6) is 0 Å². The van der Waals surface area contributed by atoms with E-state index in [-0.39, 0.29) is 29.6 Å². The van der Waals surface area contributed by atoms with Crippen LogP contribution in [-0.2, 0) is 4.79 Å². The summed E-state index contributed by atoms with van der Waals surface area (Å²) in [6.45, 7) is 5.85. The first-order valence-electron chi connectivity index (χ1n) is 10.4. The molecule has 1 aliphatic rings. The lowest BCUT2D eigenvalue weighted by molar-refractivity contribution is -0.133. The Kier molecular flexibility index (Phi) is 7.04. The average Bonchev–Trinajstić information content (AvgIpc) is 3.22. The van der Waals surface area contributed by atoms with Gasteiger partial charge in [-0.1, -0.05) is 68.8 Å². The lowest BCUT2D eigenvalue weighted by atomic mass is 9.89. The van der Waals surface area contributed by atoms with E-state index >= 15 is 0 Å². The normalized spacial score (nSPS) is 20.9. The smallest absolute Gasteiger partial charge is 0.251 e. The molecule has 2 aromatic rings. The summed E-state index contributed by atoms with van der Waals surface area (Å²) in [7, 11) is 0. The molecular formula is C24H31N3O2. The number of hydrogen-bond donors (Lipinski definition) is 2. The minimum atomic E-state index is -0.541. The van der Waals surface area contributed by atoms with E-state index in [0.29, 0.717) is 25.2 Å². The van der Waals surface area contributed by atoms with Crippen molar-refractivity contribution in [3.05, 3.63) is 71.8 Å². The molecule has 4 atom stereocenters. The second-order valence-electron chi connectivity index (χ2n) is 7.96. The topological polar surface area (TPSA) is 75.4 Å². The van der Waals surface area contributed by atoms with E-state index in [1.54, 1.807) is 12.1 Å². The zero-order valence-corrected chi connectivity index (χ0v) is 17.3. The van der Waals surface area contributed by atoms with Gasteiger partial charge in [-0.2, -0.15) is 0 Å². The molecule has 5 heteroatoms. The van der Waals surface area contributed by atoms with E-state index in [1.165, 1.54) is 5.56 Å². The molecule has 0 spiro atoms. The number of amides is 2. The second-order valence-corrected chi connectivity index (χ2v) is 7.96. The zero-order chi connectivity index (χ0) is 20.8. The summed E-state index contributed by atoms with van der Waals surface area (Å²) in [4.78, 5) is 28.0. The van der Waals surface area contributed by atoms with Crippen LogP contribution in [0.2, 0.25) is 0 Å². The summed E-state index contributed by atoms with van der Waals surface area (Å²) >= 11 is 0. The first kappa shape index (κ1) is 21.1. The number of carbonyl (C=O) groups is 2. The fourth-order valence-electron chi connectivity index (χ4n) is 4.06. The molecule has 1 aliphatic heterocycles. The summed E-state index contributed by atoms with van der Waals surface area (Å²) in [6, 6.07) is 18.8. The highest BCUT2D eigenvalue weighted by molar-refractivity contribution is 5.97. The van der Waals surface area contributed by atoms with Crippen molar-refractivity contribution in [1.82, 2.24) is 10.2 Å². The van der Waals surface area contributed by atoms with Crippen LogP contribution in [0.25, 0.3) is 0 Å². The van der Waals surface area contributed by atoms with E-state index in [1.807, 2.05) is 55.1 Å². The van der Waals surface area contributed by atoms with Crippen LogP contribution in [-0.4, -0.2) is 42.4 Å². The third-order valence-corrected chi connectivity index (χ3v) is 6.08. The van der Waals surface area contributed by atoms with Crippen LogP contribution in [0.15, 0.2) is 60.7 Å². The number of hydrogen-bond acceptors (Lipinski definition) is 3. The van der Waals surface area contributed by atoms with E-state index in [9.17, 15) is 9.59 Å². The maximum Gasteiger partial charge on any atom is 0.251 e. The fraction of sp³-hybridized carbons (Fsp3) is 0.417. The third kappa shape index (κ3) is 4.85. The number of nitrogens with one attached hydrogen (secondary N) is 1. The van der Waals surface area contributed by atoms with Gasteiger partial charge in [0.15, 0.2) is 0 Å². The standard InChI is InChI=1S/C24H31N3O2/c1-3-17(2)22(26-23(28)19-12-8-5-9-13-19)24(29)27-15-20(14-25)21(16-27)18-10-6-4-7-11-18/h4-13,17,20-22H,3,14-16,25H2,1-2H3,(H,26,28)/t17?,20-,21+,22?/m1/s1. The molecule has 0 radical (unpaired) electrons. The highest BCUT2D eigenvalue weighted by atomic mass is 16.2. The molecule has 1 saturated heterocycles. The van der Waals surface area contributed by atoms with Gasteiger partial charge in [0.1, 0.15) is 6.04 Å². The number of nitrogens with two attached hydrogens (primary N) is 1. The van der Waals surface area contributed by atoms with Gasteiger partial charge in [0, 0.05) is 24.6 Å². The van der Waals surface area contributed by atoms with Gasteiger partial charge in [0.05, 0.1) is 0 Å². The molecule has 5 nitrogen and oxygen atoms in total. The van der Waals surface area contributed by atoms with Gasteiger partial charge in [-0.15, -0.1) is 0 Å². The maximum atomic E-state index is 13.4. The summed E-state index contributed by atoms with van der Waals surface area (Å²) in [5.41, 5.74) is 7.82. The molecule has 2 unspecified atom stereocenters. The van der Waals surface area contributed by atoms with Crippen LogP contribution in [0, 0.1) is 11.8 Å². The van der Waals surface area contributed by atoms with Gasteiger partial charge in [0.2, 0.25) is 5.91 Å². The van der Waals surface area contributed by atoms with Gasteiger partial charge in [-0.05, 0) is 36.1 Å². The molecule has 2 amide bonds. The zero-order valence-electron chi connectivity index (χ0n) is 17.3. The SMILES string of the molecule is CCC(C)C(NC(=O)c1ccccc1)C(=O)N1C[C@@H](CN)[C@H](c2ccccc2)C1. The summed E-state index contributed by atoms with van der Waals surface area (Å²) in [6.07, 6.45) is 0.807. The highest BCUT2D eigenvalue weighted by Crippen LogP contribution is 2.32. The molecule has 0 saturated carbocycles. The molecule has 2 aromatic carbocycles. The molecule has 29 heavy (non-hydrogen) atoms. The third-order valence-electron chi connectivity index (χ3n) is 6.08. The van der Waals surface area contributed by atoms with Crippen molar-refractivity contribution in [3.8, 4) is 0 Å². The quantitative estimate of drug-likeness (QED) is 0.759. The number of benzene rings is 2. The Hall–Kier alpha value is -2.66. The Balaban J connectivity index is 1.76. The fourth-order valence-corrected chi connectivity index (χ4v) is 4.06. The van der Waals surface area contributed by atoms with E-state index < -0.39 is 6.04 Å². The first-order chi connectivity index (χ1) is 14.0. The predicted molar refractivity (Wildman–Crippen MR) is 115 cm³/mol. The molecule has 1 heterocycles. The Bertz CT molecular complexity index is 809. The van der Waals surface area contributed by atoms with Crippen molar-refractivity contribution in [2.75, 3.05) is 19.6 Å². The van der Waals surface area contributed by atoms with Crippen molar-refractivity contribution in [2.24, 2.45) is 17.6 Å². The number of likely N-dealkylation sites (tertiary alicyclic amines) is 1. The molecule has 1 fully saturated rings. The Labute approximate surface area is 173 Å². The monoisotopic (exact) mass is 393 g/mol. The van der Waals surface area contributed by atoms with Crippen molar-refractivity contribution < 1.29 is 9.59 Å². The van der Waals surface area contributed by atoms with Crippen LogP contribution >= 0.6 is 0 Å². The van der Waals surface area contributed by atoms with Crippen molar-refractivity contribution in [1.29, 1.82) is 0 Å². The molecule has 154 valence electrons. The number of nitrogens with zero attached hydrogens (tertiary/aromatic N) is 1. The van der Waals surface area contributed by atoms with E-state index in [0.717, 1.165) is 6.42 Å². The molecule has 3 N–H and O–H groups in total. The van der Waals surface area contributed by atoms with Crippen LogP contribution in [0.3, 0.4) is 0 Å². The maximum absolute atomic E-state index is 13.4. The van der Waals surface area contributed by atoms with E-state index in [4.69, 9.17) is 5.73 Å². The largest absolute Gasteiger partial charge is 0.340 e.